The Bertz CT molecular complexity index is 900. The third-order valence-electron chi connectivity index (χ3n) is 5.09. The fourth-order valence-corrected chi connectivity index (χ4v) is 4.04. The van der Waals surface area contributed by atoms with Gasteiger partial charge >= 0.3 is 0 Å². The van der Waals surface area contributed by atoms with Gasteiger partial charge in [0.1, 0.15) is 0 Å². The quantitative estimate of drug-likeness (QED) is 0.591. The summed E-state index contributed by atoms with van der Waals surface area (Å²) in [4.78, 5) is 0. The van der Waals surface area contributed by atoms with Crippen molar-refractivity contribution in [2.24, 2.45) is 0 Å². The Morgan fingerprint density at radius 1 is 0.955 bits per heavy atom. The molecular formula is C20H19N2+. The van der Waals surface area contributed by atoms with Crippen LogP contribution in [0.5, 0.6) is 0 Å². The molecule has 2 aromatic carbocycles. The maximum absolute atomic E-state index is 2.43. The summed E-state index contributed by atoms with van der Waals surface area (Å²) in [5, 5.41) is 1.40. The van der Waals surface area contributed by atoms with E-state index in [9.17, 15) is 0 Å². The summed E-state index contributed by atoms with van der Waals surface area (Å²) in [6.07, 6.45) is 9.74. The van der Waals surface area contributed by atoms with Gasteiger partial charge in [0.25, 0.3) is 0 Å². The minimum atomic E-state index is 0.902. The molecule has 0 saturated carbocycles. The highest BCUT2D eigenvalue weighted by molar-refractivity contribution is 6.00. The third kappa shape index (κ3) is 1.70. The average molecular weight is 287 g/mol. The second kappa shape index (κ2) is 4.57. The molecule has 5 rings (SSSR count). The van der Waals surface area contributed by atoms with E-state index in [0.29, 0.717) is 0 Å². The van der Waals surface area contributed by atoms with Crippen molar-refractivity contribution in [3.05, 3.63) is 65.4 Å². The highest BCUT2D eigenvalue weighted by atomic mass is 15.2. The third-order valence-corrected chi connectivity index (χ3v) is 5.09. The topological polar surface area (TPSA) is 7.94 Å². The van der Waals surface area contributed by atoms with E-state index in [1.165, 1.54) is 47.8 Å². The summed E-state index contributed by atoms with van der Waals surface area (Å²) in [5.74, 6) is 0. The zero-order chi connectivity index (χ0) is 14.5. The second-order valence-electron chi connectivity index (χ2n) is 6.43. The van der Waals surface area contributed by atoms with Gasteiger partial charge in [0.05, 0.1) is 11.1 Å². The van der Waals surface area contributed by atoms with E-state index in [1.807, 2.05) is 0 Å². The Kier molecular flexibility index (Phi) is 2.54. The van der Waals surface area contributed by atoms with Crippen LogP contribution in [0, 0.1) is 0 Å². The van der Waals surface area contributed by atoms with Gasteiger partial charge in [-0.3, -0.25) is 4.57 Å². The Balaban J connectivity index is 1.79. The van der Waals surface area contributed by atoms with Crippen molar-refractivity contribution in [1.29, 1.82) is 0 Å². The number of nitrogens with zero attached hydrogens (tertiary/aromatic N) is 2. The predicted molar refractivity (Wildman–Crippen MR) is 90.1 cm³/mol. The normalized spacial score (nSPS) is 16.5. The molecular weight excluding hydrogens is 268 g/mol. The Labute approximate surface area is 130 Å². The van der Waals surface area contributed by atoms with Crippen molar-refractivity contribution >= 4 is 22.8 Å². The number of hydrogen-bond donors (Lipinski definition) is 0. The first-order chi connectivity index (χ1) is 10.9. The van der Waals surface area contributed by atoms with Crippen molar-refractivity contribution in [2.45, 2.75) is 32.4 Å². The molecule has 3 aromatic rings. The molecule has 0 fully saturated rings. The van der Waals surface area contributed by atoms with Crippen molar-refractivity contribution in [3.63, 3.8) is 0 Å². The standard InChI is InChI=1S/C20H19N2/c1-2-7-17(8-3-1)22-13-19-18-9-5-4-6-15(18)12-16-10-11-21(14-22)20(16)19/h1-3,7-8,10-13H,4-6,9,14H2/q+1. The van der Waals surface area contributed by atoms with Crippen LogP contribution in [0.15, 0.2) is 48.7 Å². The van der Waals surface area contributed by atoms with E-state index in [-0.39, 0.29) is 0 Å². The van der Waals surface area contributed by atoms with Crippen LogP contribution in [0.3, 0.4) is 0 Å². The van der Waals surface area contributed by atoms with Crippen molar-refractivity contribution < 1.29 is 4.58 Å². The number of para-hydroxylation sites is 1. The fourth-order valence-electron chi connectivity index (χ4n) is 4.04. The van der Waals surface area contributed by atoms with E-state index in [1.54, 1.807) is 11.1 Å². The van der Waals surface area contributed by atoms with E-state index in [2.05, 4.69) is 64.0 Å². The van der Waals surface area contributed by atoms with Crippen molar-refractivity contribution in [3.8, 4) is 0 Å². The van der Waals surface area contributed by atoms with Crippen LogP contribution in [-0.4, -0.2) is 15.4 Å². The van der Waals surface area contributed by atoms with E-state index >= 15 is 0 Å². The molecule has 0 radical (unpaired) electrons. The van der Waals surface area contributed by atoms with Crippen LogP contribution < -0.4 is 0 Å². The number of rotatable bonds is 1. The fraction of sp³-hybridized carbons (Fsp3) is 0.250. The van der Waals surface area contributed by atoms with Gasteiger partial charge < -0.3 is 0 Å². The summed E-state index contributed by atoms with van der Waals surface area (Å²) in [7, 11) is 0. The smallest absolute Gasteiger partial charge is 0.228 e. The molecule has 2 aliphatic rings. The molecule has 0 saturated heterocycles. The molecule has 0 atom stereocenters. The van der Waals surface area contributed by atoms with Crippen LogP contribution in [0.4, 0.5) is 5.69 Å². The number of aromatic nitrogens is 1. The van der Waals surface area contributed by atoms with Gasteiger partial charge in [0.15, 0.2) is 6.21 Å². The minimum Gasteiger partial charge on any atom is -0.291 e. The van der Waals surface area contributed by atoms with Gasteiger partial charge in [-0.15, -0.1) is 0 Å². The second-order valence-corrected chi connectivity index (χ2v) is 6.43. The number of benzene rings is 2. The lowest BCUT2D eigenvalue weighted by molar-refractivity contribution is -0.471. The predicted octanol–water partition coefficient (Wildman–Crippen LogP) is 4.25. The lowest BCUT2D eigenvalue weighted by Crippen LogP contribution is -2.21. The van der Waals surface area contributed by atoms with Gasteiger partial charge in [-0.2, -0.15) is 4.58 Å². The maximum atomic E-state index is 2.43. The Morgan fingerprint density at radius 3 is 2.73 bits per heavy atom. The van der Waals surface area contributed by atoms with Crippen LogP contribution in [0.25, 0.3) is 10.9 Å². The first-order valence-corrected chi connectivity index (χ1v) is 8.20. The molecule has 2 nitrogen and oxygen atoms in total. The first-order valence-electron chi connectivity index (χ1n) is 8.20. The lowest BCUT2D eigenvalue weighted by Gasteiger charge is -2.21. The highest BCUT2D eigenvalue weighted by Gasteiger charge is 2.25. The summed E-state index contributed by atoms with van der Waals surface area (Å²) < 4.78 is 4.77. The Hall–Kier alpha value is -2.35. The molecule has 0 bridgehead atoms. The van der Waals surface area contributed by atoms with Gasteiger partial charge in [0.2, 0.25) is 12.4 Å². The molecule has 0 N–H and O–H groups in total. The first kappa shape index (κ1) is 12.2. The van der Waals surface area contributed by atoms with E-state index in [0.717, 1.165) is 6.67 Å². The van der Waals surface area contributed by atoms with E-state index < -0.39 is 0 Å². The van der Waals surface area contributed by atoms with Gasteiger partial charge in [-0.1, -0.05) is 18.2 Å². The molecule has 0 amide bonds. The number of aryl methyl sites for hydroxylation is 1. The van der Waals surface area contributed by atoms with Crippen LogP contribution in [-0.2, 0) is 19.5 Å². The van der Waals surface area contributed by atoms with Crippen LogP contribution >= 0.6 is 0 Å². The number of fused-ring (bicyclic) bond motifs is 2. The molecule has 0 spiro atoms. The summed E-state index contributed by atoms with van der Waals surface area (Å²) in [6, 6.07) is 15.4. The zero-order valence-corrected chi connectivity index (χ0v) is 12.6. The maximum Gasteiger partial charge on any atom is 0.228 e. The van der Waals surface area contributed by atoms with E-state index in [4.69, 9.17) is 0 Å². The van der Waals surface area contributed by atoms with Crippen LogP contribution in [0.1, 0.15) is 29.5 Å². The molecule has 22 heavy (non-hydrogen) atoms. The SMILES string of the molecule is C1=[N+](c2ccccc2)Cn2ccc3cc4c(c1c32)CCCC4. The summed E-state index contributed by atoms with van der Waals surface area (Å²) in [6.45, 7) is 0.902. The molecule has 0 unspecified atom stereocenters. The molecule has 1 aliphatic carbocycles. The molecule has 108 valence electrons. The number of hydrogen-bond acceptors (Lipinski definition) is 0. The minimum absolute atomic E-state index is 0.902. The summed E-state index contributed by atoms with van der Waals surface area (Å²) in [5.41, 5.74) is 7.29. The molecule has 2 heterocycles. The Morgan fingerprint density at radius 2 is 1.82 bits per heavy atom. The van der Waals surface area contributed by atoms with Gasteiger partial charge in [0, 0.05) is 23.7 Å². The monoisotopic (exact) mass is 287 g/mol. The van der Waals surface area contributed by atoms with Gasteiger partial charge in [-0.05, 0) is 48.9 Å². The largest absolute Gasteiger partial charge is 0.291 e. The molecule has 1 aliphatic heterocycles. The summed E-state index contributed by atoms with van der Waals surface area (Å²) >= 11 is 0. The molecule has 1 aromatic heterocycles. The average Bonchev–Trinajstić information content (AvgIpc) is 2.99. The van der Waals surface area contributed by atoms with Crippen LogP contribution in [0.2, 0.25) is 0 Å². The van der Waals surface area contributed by atoms with Crippen molar-refractivity contribution in [1.82, 2.24) is 4.57 Å². The van der Waals surface area contributed by atoms with Gasteiger partial charge in [-0.25, -0.2) is 0 Å². The zero-order valence-electron chi connectivity index (χ0n) is 12.6. The lowest BCUT2D eigenvalue weighted by atomic mass is 9.87. The molecule has 2 heteroatoms. The van der Waals surface area contributed by atoms with Crippen molar-refractivity contribution in [2.75, 3.05) is 0 Å². The highest BCUT2D eigenvalue weighted by Crippen LogP contribution is 2.33.